The van der Waals surface area contributed by atoms with Gasteiger partial charge in [-0.2, -0.15) is 9.78 Å². The number of benzene rings is 2. The van der Waals surface area contributed by atoms with Crippen LogP contribution in [0.25, 0.3) is 10.9 Å². The van der Waals surface area contributed by atoms with Crippen LogP contribution in [-0.2, 0) is 0 Å². The van der Waals surface area contributed by atoms with E-state index in [0.29, 0.717) is 17.0 Å². The van der Waals surface area contributed by atoms with Crippen molar-refractivity contribution in [2.75, 3.05) is 28.4 Å². The molecule has 0 unspecified atom stereocenters. The summed E-state index contributed by atoms with van der Waals surface area (Å²) in [5, 5.41) is 15.9. The molecule has 0 aliphatic heterocycles. The van der Waals surface area contributed by atoms with E-state index in [2.05, 4.69) is 10.1 Å². The van der Waals surface area contributed by atoms with E-state index in [1.807, 2.05) is 0 Å². The van der Waals surface area contributed by atoms with Crippen LogP contribution >= 0.6 is 0 Å². The SMILES string of the molecule is COc1cc(C=Nn2c(C)nc3cc(OC)c(OC)cc3c2=O)c([N+](=O)[O-])cc1OC. The topological polar surface area (TPSA) is 127 Å². The fraction of sp³-hybridized carbons (Fsp3) is 0.250. The standard InChI is InChI=1S/C20H20N4O7/c1-11-22-14-8-18(30-4)17(29-3)7-13(14)20(25)23(11)21-10-12-6-16(28-2)19(31-5)9-15(12)24(26)27/h6-10H,1-5H3. The van der Waals surface area contributed by atoms with Crippen molar-refractivity contribution < 1.29 is 23.9 Å². The van der Waals surface area contributed by atoms with Crippen LogP contribution in [0.1, 0.15) is 11.4 Å². The molecule has 0 spiro atoms. The Balaban J connectivity index is 2.17. The zero-order valence-corrected chi connectivity index (χ0v) is 17.5. The van der Waals surface area contributed by atoms with Crippen molar-refractivity contribution in [2.45, 2.75) is 6.92 Å². The van der Waals surface area contributed by atoms with Crippen LogP contribution < -0.4 is 24.5 Å². The highest BCUT2D eigenvalue weighted by molar-refractivity contribution is 5.87. The summed E-state index contributed by atoms with van der Waals surface area (Å²) in [5.41, 5.74) is -0.194. The van der Waals surface area contributed by atoms with Gasteiger partial charge in [0.2, 0.25) is 0 Å². The highest BCUT2D eigenvalue weighted by Gasteiger charge is 2.19. The van der Waals surface area contributed by atoms with Crippen molar-refractivity contribution in [1.82, 2.24) is 9.66 Å². The number of rotatable bonds is 7. The normalized spacial score (nSPS) is 11.0. The van der Waals surface area contributed by atoms with Gasteiger partial charge in [0.25, 0.3) is 11.2 Å². The molecule has 11 nitrogen and oxygen atoms in total. The summed E-state index contributed by atoms with van der Waals surface area (Å²) in [4.78, 5) is 28.3. The maximum Gasteiger partial charge on any atom is 0.282 e. The van der Waals surface area contributed by atoms with Crippen molar-refractivity contribution in [3.8, 4) is 23.0 Å². The van der Waals surface area contributed by atoms with Gasteiger partial charge in [-0.1, -0.05) is 0 Å². The molecule has 2 aromatic carbocycles. The third-order valence-corrected chi connectivity index (χ3v) is 4.56. The fourth-order valence-corrected chi connectivity index (χ4v) is 3.02. The molecule has 0 saturated carbocycles. The van der Waals surface area contributed by atoms with Gasteiger partial charge in [0.05, 0.1) is 62.1 Å². The Morgan fingerprint density at radius 3 is 2.10 bits per heavy atom. The highest BCUT2D eigenvalue weighted by atomic mass is 16.6. The lowest BCUT2D eigenvalue weighted by molar-refractivity contribution is -0.385. The minimum absolute atomic E-state index is 0.126. The molecule has 31 heavy (non-hydrogen) atoms. The molecule has 0 N–H and O–H groups in total. The predicted molar refractivity (Wildman–Crippen MR) is 113 cm³/mol. The lowest BCUT2D eigenvalue weighted by atomic mass is 10.1. The summed E-state index contributed by atoms with van der Waals surface area (Å²) >= 11 is 0. The summed E-state index contributed by atoms with van der Waals surface area (Å²) in [6, 6.07) is 5.73. The van der Waals surface area contributed by atoms with E-state index in [1.54, 1.807) is 13.0 Å². The molecule has 162 valence electrons. The molecule has 1 aromatic heterocycles. The third kappa shape index (κ3) is 3.97. The quantitative estimate of drug-likeness (QED) is 0.319. The second kappa shape index (κ2) is 8.69. The van der Waals surface area contributed by atoms with Crippen LogP contribution in [0.3, 0.4) is 0 Å². The van der Waals surface area contributed by atoms with Gasteiger partial charge in [0.15, 0.2) is 23.0 Å². The minimum Gasteiger partial charge on any atom is -0.493 e. The Morgan fingerprint density at radius 1 is 0.968 bits per heavy atom. The Morgan fingerprint density at radius 2 is 1.52 bits per heavy atom. The van der Waals surface area contributed by atoms with Crippen molar-refractivity contribution in [3.63, 3.8) is 0 Å². The highest BCUT2D eigenvalue weighted by Crippen LogP contribution is 2.34. The van der Waals surface area contributed by atoms with Crippen molar-refractivity contribution >= 4 is 22.8 Å². The van der Waals surface area contributed by atoms with Crippen LogP contribution in [-0.4, -0.2) is 49.2 Å². The van der Waals surface area contributed by atoms with Gasteiger partial charge in [-0.25, -0.2) is 4.98 Å². The molecule has 0 amide bonds. The number of aromatic nitrogens is 2. The summed E-state index contributed by atoms with van der Waals surface area (Å²) in [7, 11) is 5.73. The number of nitro groups is 1. The molecule has 0 radical (unpaired) electrons. The summed E-state index contributed by atoms with van der Waals surface area (Å²) in [6.45, 7) is 1.60. The van der Waals surface area contributed by atoms with Gasteiger partial charge in [0.1, 0.15) is 5.82 Å². The van der Waals surface area contributed by atoms with Crippen molar-refractivity contribution in [3.05, 3.63) is 56.1 Å². The lowest BCUT2D eigenvalue weighted by Gasteiger charge is -2.11. The average Bonchev–Trinajstić information content (AvgIpc) is 2.77. The van der Waals surface area contributed by atoms with E-state index >= 15 is 0 Å². The molecule has 0 aliphatic rings. The first-order chi connectivity index (χ1) is 14.8. The monoisotopic (exact) mass is 428 g/mol. The Labute approximate surface area is 176 Å². The van der Waals surface area contributed by atoms with Crippen LogP contribution in [0.4, 0.5) is 5.69 Å². The van der Waals surface area contributed by atoms with Gasteiger partial charge >= 0.3 is 0 Å². The van der Waals surface area contributed by atoms with Crippen LogP contribution in [0, 0.1) is 17.0 Å². The summed E-state index contributed by atoms with van der Waals surface area (Å²) in [5.74, 6) is 1.57. The number of hydrogen-bond donors (Lipinski definition) is 0. The number of nitrogens with zero attached hydrogens (tertiary/aromatic N) is 4. The average molecular weight is 428 g/mol. The predicted octanol–water partition coefficient (Wildman–Crippen LogP) is 2.53. The van der Waals surface area contributed by atoms with Gasteiger partial charge in [-0.05, 0) is 19.1 Å². The number of ether oxygens (including phenoxy) is 4. The second-order valence-electron chi connectivity index (χ2n) is 6.27. The molecular weight excluding hydrogens is 408 g/mol. The molecule has 0 fully saturated rings. The van der Waals surface area contributed by atoms with Gasteiger partial charge in [-0.15, -0.1) is 0 Å². The largest absolute Gasteiger partial charge is 0.493 e. The Bertz CT molecular complexity index is 1250. The number of nitro benzene ring substituents is 1. The molecule has 11 heteroatoms. The zero-order chi connectivity index (χ0) is 22.7. The van der Waals surface area contributed by atoms with Crippen molar-refractivity contribution in [2.24, 2.45) is 5.10 Å². The molecule has 0 aliphatic carbocycles. The fourth-order valence-electron chi connectivity index (χ4n) is 3.02. The maximum absolute atomic E-state index is 13.0. The number of aryl methyl sites for hydroxylation is 1. The van der Waals surface area contributed by atoms with Gasteiger partial charge < -0.3 is 18.9 Å². The van der Waals surface area contributed by atoms with Crippen molar-refractivity contribution in [1.29, 1.82) is 0 Å². The van der Waals surface area contributed by atoms with E-state index < -0.39 is 10.5 Å². The lowest BCUT2D eigenvalue weighted by Crippen LogP contribution is -2.21. The van der Waals surface area contributed by atoms with E-state index in [0.717, 1.165) is 4.68 Å². The second-order valence-corrected chi connectivity index (χ2v) is 6.27. The molecular formula is C20H20N4O7. The van der Waals surface area contributed by atoms with Crippen LogP contribution in [0.2, 0.25) is 0 Å². The molecule has 3 rings (SSSR count). The van der Waals surface area contributed by atoms with Gasteiger partial charge in [-0.3, -0.25) is 14.9 Å². The van der Waals surface area contributed by atoms with Crippen LogP contribution in [0.15, 0.2) is 34.2 Å². The molecule has 0 bridgehead atoms. The van der Waals surface area contributed by atoms with E-state index in [1.165, 1.54) is 52.9 Å². The maximum atomic E-state index is 13.0. The number of hydrogen-bond acceptors (Lipinski definition) is 9. The molecule has 1 heterocycles. The number of fused-ring (bicyclic) bond motifs is 1. The molecule has 0 saturated heterocycles. The smallest absolute Gasteiger partial charge is 0.282 e. The first-order valence-corrected chi connectivity index (χ1v) is 8.94. The van der Waals surface area contributed by atoms with E-state index in [9.17, 15) is 14.9 Å². The summed E-state index contributed by atoms with van der Waals surface area (Å²) < 4.78 is 21.9. The number of methoxy groups -OCH3 is 4. The first-order valence-electron chi connectivity index (χ1n) is 8.94. The summed E-state index contributed by atoms with van der Waals surface area (Å²) in [6.07, 6.45) is 1.20. The van der Waals surface area contributed by atoms with Crippen LogP contribution in [0.5, 0.6) is 23.0 Å². The third-order valence-electron chi connectivity index (χ3n) is 4.56. The Hall–Kier alpha value is -4.15. The Kier molecular flexibility index (Phi) is 6.05. The minimum atomic E-state index is -0.575. The molecule has 3 aromatic rings. The zero-order valence-electron chi connectivity index (χ0n) is 17.5. The van der Waals surface area contributed by atoms with Gasteiger partial charge in [0, 0.05) is 6.07 Å². The van der Waals surface area contributed by atoms with E-state index in [4.69, 9.17) is 18.9 Å². The first kappa shape index (κ1) is 21.6. The molecule has 0 atom stereocenters. The van der Waals surface area contributed by atoms with E-state index in [-0.39, 0.29) is 34.0 Å².